The van der Waals surface area contributed by atoms with Crippen molar-refractivity contribution in [3.63, 3.8) is 0 Å². The highest BCUT2D eigenvalue weighted by molar-refractivity contribution is 9.10. The molecule has 1 heterocycles. The van der Waals surface area contributed by atoms with Gasteiger partial charge < -0.3 is 15.4 Å². The van der Waals surface area contributed by atoms with E-state index >= 15 is 0 Å². The zero-order valence-corrected chi connectivity index (χ0v) is 12.7. The summed E-state index contributed by atoms with van der Waals surface area (Å²) in [6, 6.07) is 6.69. The molecule has 6 nitrogen and oxygen atoms in total. The molecule has 0 saturated heterocycles. The number of carbonyl (C=O) groups is 1. The number of carboxylic acids is 1. The van der Waals surface area contributed by atoms with E-state index in [9.17, 15) is 4.79 Å². The molecule has 0 aliphatic carbocycles. The van der Waals surface area contributed by atoms with E-state index in [-0.39, 0.29) is 0 Å². The minimum Gasteiger partial charge on any atom is -0.480 e. The van der Waals surface area contributed by atoms with Crippen LogP contribution in [0.5, 0.6) is 0 Å². The zero-order chi connectivity index (χ0) is 14.5. The number of thioether (sulfide) groups is 1. The van der Waals surface area contributed by atoms with Gasteiger partial charge in [-0.25, -0.2) is 0 Å². The van der Waals surface area contributed by atoms with E-state index in [4.69, 9.17) is 15.4 Å². The molecule has 8 heteroatoms. The Balaban J connectivity index is 1.94. The SMILES string of the molecule is N[C@@H](CSCc1nc(-c2cccc(Br)c2)no1)C(=O)O. The van der Waals surface area contributed by atoms with Crippen molar-refractivity contribution in [1.29, 1.82) is 0 Å². The summed E-state index contributed by atoms with van der Waals surface area (Å²) < 4.78 is 6.05. The van der Waals surface area contributed by atoms with Crippen LogP contribution in [0.1, 0.15) is 5.89 Å². The minimum absolute atomic E-state index is 0.296. The molecule has 2 rings (SSSR count). The van der Waals surface area contributed by atoms with Crippen LogP contribution in [-0.2, 0) is 10.5 Å². The molecule has 3 N–H and O–H groups in total. The monoisotopic (exact) mass is 357 g/mol. The molecule has 0 aliphatic rings. The molecule has 2 aromatic rings. The normalized spacial score (nSPS) is 12.3. The number of aliphatic carboxylic acids is 1. The van der Waals surface area contributed by atoms with Crippen LogP contribution in [0.4, 0.5) is 0 Å². The Labute approximate surface area is 127 Å². The molecule has 1 aromatic heterocycles. The number of aromatic nitrogens is 2. The van der Waals surface area contributed by atoms with Crippen LogP contribution in [-0.4, -0.2) is 33.0 Å². The third kappa shape index (κ3) is 4.06. The maximum Gasteiger partial charge on any atom is 0.321 e. The Morgan fingerprint density at radius 3 is 3.05 bits per heavy atom. The lowest BCUT2D eigenvalue weighted by atomic mass is 10.2. The van der Waals surface area contributed by atoms with Gasteiger partial charge in [-0.2, -0.15) is 4.98 Å². The Morgan fingerprint density at radius 1 is 1.55 bits per heavy atom. The van der Waals surface area contributed by atoms with Crippen molar-refractivity contribution in [3.05, 3.63) is 34.6 Å². The number of hydrogen-bond acceptors (Lipinski definition) is 6. The molecule has 0 amide bonds. The number of nitrogens with two attached hydrogens (primary N) is 1. The maximum atomic E-state index is 10.6. The van der Waals surface area contributed by atoms with Gasteiger partial charge in [0.25, 0.3) is 0 Å². The molecule has 106 valence electrons. The number of nitrogens with zero attached hydrogens (tertiary/aromatic N) is 2. The summed E-state index contributed by atoms with van der Waals surface area (Å²) >= 11 is 4.72. The molecule has 0 aliphatic heterocycles. The van der Waals surface area contributed by atoms with Gasteiger partial charge in [-0.3, -0.25) is 4.79 Å². The largest absolute Gasteiger partial charge is 0.480 e. The summed E-state index contributed by atoms with van der Waals surface area (Å²) in [7, 11) is 0. The highest BCUT2D eigenvalue weighted by Gasteiger charge is 2.13. The molecule has 0 bridgehead atoms. The number of halogens is 1. The van der Waals surface area contributed by atoms with Crippen LogP contribution < -0.4 is 5.73 Å². The highest BCUT2D eigenvalue weighted by Crippen LogP contribution is 2.21. The fraction of sp³-hybridized carbons (Fsp3) is 0.250. The Kier molecular flexibility index (Phi) is 5.16. The van der Waals surface area contributed by atoms with Gasteiger partial charge in [0.15, 0.2) is 0 Å². The number of benzene rings is 1. The molecule has 0 radical (unpaired) electrons. The molecule has 1 atom stereocenters. The van der Waals surface area contributed by atoms with Gasteiger partial charge in [0.1, 0.15) is 6.04 Å². The van der Waals surface area contributed by atoms with Crippen LogP contribution >= 0.6 is 27.7 Å². The smallest absolute Gasteiger partial charge is 0.321 e. The van der Waals surface area contributed by atoms with Gasteiger partial charge in [-0.05, 0) is 12.1 Å². The van der Waals surface area contributed by atoms with Crippen LogP contribution in [0, 0.1) is 0 Å². The van der Waals surface area contributed by atoms with Gasteiger partial charge >= 0.3 is 5.97 Å². The summed E-state index contributed by atoms with van der Waals surface area (Å²) in [6.45, 7) is 0. The first-order chi connectivity index (χ1) is 9.56. The maximum absolute atomic E-state index is 10.6. The molecule has 20 heavy (non-hydrogen) atoms. The second-order valence-electron chi connectivity index (χ2n) is 3.98. The van der Waals surface area contributed by atoms with Gasteiger partial charge in [0.2, 0.25) is 11.7 Å². The van der Waals surface area contributed by atoms with Crippen molar-refractivity contribution in [2.75, 3.05) is 5.75 Å². The third-order valence-corrected chi connectivity index (χ3v) is 3.93. The summed E-state index contributed by atoms with van der Waals surface area (Å²) in [4.78, 5) is 14.8. The van der Waals surface area contributed by atoms with Crippen molar-refractivity contribution in [3.8, 4) is 11.4 Å². The minimum atomic E-state index is -1.02. The average Bonchev–Trinajstić information content (AvgIpc) is 2.87. The molecule has 0 fully saturated rings. The standard InChI is InChI=1S/C12H12BrN3O3S/c13-8-3-1-2-7(4-8)11-15-10(19-16-11)6-20-5-9(14)12(17)18/h1-4,9H,5-6,14H2,(H,17,18)/t9-/m0/s1. The van der Waals surface area contributed by atoms with E-state index in [0.717, 1.165) is 10.0 Å². The van der Waals surface area contributed by atoms with Crippen molar-refractivity contribution in [2.24, 2.45) is 5.73 Å². The summed E-state index contributed by atoms with van der Waals surface area (Å²) in [6.07, 6.45) is 0. The lowest BCUT2D eigenvalue weighted by Crippen LogP contribution is -2.32. The topological polar surface area (TPSA) is 102 Å². The van der Waals surface area contributed by atoms with Crippen molar-refractivity contribution < 1.29 is 14.4 Å². The van der Waals surface area contributed by atoms with Crippen molar-refractivity contribution in [1.82, 2.24) is 10.1 Å². The number of rotatable bonds is 6. The summed E-state index contributed by atoms with van der Waals surface area (Å²) in [5.41, 5.74) is 6.25. The van der Waals surface area contributed by atoms with Crippen molar-refractivity contribution in [2.45, 2.75) is 11.8 Å². The zero-order valence-electron chi connectivity index (χ0n) is 10.3. The second kappa shape index (κ2) is 6.87. The predicted molar refractivity (Wildman–Crippen MR) is 79.2 cm³/mol. The second-order valence-corrected chi connectivity index (χ2v) is 5.93. The van der Waals surface area contributed by atoms with Crippen molar-refractivity contribution >= 4 is 33.7 Å². The van der Waals surface area contributed by atoms with Crippen LogP contribution in [0.2, 0.25) is 0 Å². The first kappa shape index (κ1) is 15.0. The van der Waals surface area contributed by atoms with Gasteiger partial charge in [-0.15, -0.1) is 11.8 Å². The quantitative estimate of drug-likeness (QED) is 0.816. The lowest BCUT2D eigenvalue weighted by Gasteiger charge is -2.03. The first-order valence-corrected chi connectivity index (χ1v) is 7.65. The Bertz CT molecular complexity index is 605. The fourth-order valence-electron chi connectivity index (χ4n) is 1.40. The molecular formula is C12H12BrN3O3S. The molecule has 0 unspecified atom stereocenters. The van der Waals surface area contributed by atoms with E-state index in [2.05, 4.69) is 26.1 Å². The Morgan fingerprint density at radius 2 is 2.35 bits per heavy atom. The van der Waals surface area contributed by atoms with E-state index in [1.165, 1.54) is 11.8 Å². The molecule has 0 saturated carbocycles. The average molecular weight is 358 g/mol. The van der Waals surface area contributed by atoms with Crippen LogP contribution in [0.25, 0.3) is 11.4 Å². The highest BCUT2D eigenvalue weighted by atomic mass is 79.9. The summed E-state index contributed by atoms with van der Waals surface area (Å²) in [5.74, 6) is 0.663. The lowest BCUT2D eigenvalue weighted by molar-refractivity contribution is -0.137. The van der Waals surface area contributed by atoms with Gasteiger partial charge in [0, 0.05) is 15.8 Å². The van der Waals surface area contributed by atoms with Crippen LogP contribution in [0.3, 0.4) is 0 Å². The van der Waals surface area contributed by atoms with E-state index in [0.29, 0.717) is 23.2 Å². The summed E-state index contributed by atoms with van der Waals surface area (Å²) in [5, 5.41) is 12.6. The van der Waals surface area contributed by atoms with E-state index in [1.807, 2.05) is 24.3 Å². The first-order valence-electron chi connectivity index (χ1n) is 5.71. The molecule has 1 aromatic carbocycles. The fourth-order valence-corrected chi connectivity index (χ4v) is 2.61. The molecule has 0 spiro atoms. The van der Waals surface area contributed by atoms with Gasteiger partial charge in [-0.1, -0.05) is 33.2 Å². The van der Waals surface area contributed by atoms with Gasteiger partial charge in [0.05, 0.1) is 5.75 Å². The third-order valence-electron chi connectivity index (χ3n) is 2.39. The van der Waals surface area contributed by atoms with Crippen LogP contribution in [0.15, 0.2) is 33.3 Å². The Hall–Kier alpha value is -1.38. The van der Waals surface area contributed by atoms with E-state index in [1.54, 1.807) is 0 Å². The number of hydrogen-bond donors (Lipinski definition) is 2. The van der Waals surface area contributed by atoms with E-state index < -0.39 is 12.0 Å². The number of carboxylic acid groups (broad SMARTS) is 1. The molecular weight excluding hydrogens is 346 g/mol. The predicted octanol–water partition coefficient (Wildman–Crippen LogP) is 2.14.